The number of rotatable bonds is 4. The molecule has 1 aromatic carbocycles. The summed E-state index contributed by atoms with van der Waals surface area (Å²) in [6.45, 7) is 0. The van der Waals surface area contributed by atoms with Gasteiger partial charge in [-0.1, -0.05) is 12.1 Å². The molecule has 0 aliphatic carbocycles. The van der Waals surface area contributed by atoms with Gasteiger partial charge in [0.05, 0.1) is 0 Å². The predicted molar refractivity (Wildman–Crippen MR) is 65.1 cm³/mol. The zero-order valence-corrected chi connectivity index (χ0v) is 11.1. The van der Waals surface area contributed by atoms with Gasteiger partial charge in [-0.2, -0.15) is 26.3 Å². The molecule has 0 fully saturated rings. The zero-order valence-electron chi connectivity index (χ0n) is 10.4. The van der Waals surface area contributed by atoms with Crippen LogP contribution in [0, 0.1) is 5.92 Å². The van der Waals surface area contributed by atoms with Crippen molar-refractivity contribution in [3.63, 3.8) is 0 Å². The largest absolute Gasteiger partial charge is 0.409 e. The molecule has 1 amide bonds. The van der Waals surface area contributed by atoms with Gasteiger partial charge in [0.25, 0.3) is 0 Å². The molecule has 9 heteroatoms. The minimum absolute atomic E-state index is 0.156. The maximum absolute atomic E-state index is 12.3. The third kappa shape index (κ3) is 5.11. The highest BCUT2D eigenvalue weighted by Gasteiger charge is 2.61. The Morgan fingerprint density at radius 2 is 1.52 bits per heavy atom. The molecule has 0 aliphatic heterocycles. The van der Waals surface area contributed by atoms with Crippen molar-refractivity contribution in [2.75, 3.05) is 11.2 Å². The fourth-order valence-corrected chi connectivity index (χ4v) is 1.78. The predicted octanol–water partition coefficient (Wildman–Crippen LogP) is 4.15. The normalized spacial score (nSPS) is 12.6. The second kappa shape index (κ2) is 6.55. The highest BCUT2D eigenvalue weighted by atomic mass is 35.5. The van der Waals surface area contributed by atoms with Gasteiger partial charge in [0.15, 0.2) is 0 Å². The molecule has 0 aliphatic rings. The number of hydrogen-bond donors (Lipinski definition) is 1. The molecule has 0 spiro atoms. The van der Waals surface area contributed by atoms with Gasteiger partial charge in [-0.15, -0.1) is 11.6 Å². The first kappa shape index (κ1) is 17.6. The lowest BCUT2D eigenvalue weighted by Gasteiger charge is -2.22. The molecule has 2 nitrogen and oxygen atoms in total. The van der Waals surface area contributed by atoms with E-state index in [1.807, 2.05) is 0 Å². The van der Waals surface area contributed by atoms with E-state index in [0.29, 0.717) is 12.3 Å². The molecule has 0 bridgehead atoms. The molecule has 0 heterocycles. The smallest absolute Gasteiger partial charge is 0.325 e. The zero-order chi connectivity index (χ0) is 16.3. The summed E-state index contributed by atoms with van der Waals surface area (Å²) in [6, 6.07) is 5.33. The van der Waals surface area contributed by atoms with Crippen molar-refractivity contribution in [1.82, 2.24) is 0 Å². The van der Waals surface area contributed by atoms with Crippen LogP contribution >= 0.6 is 11.6 Å². The third-order valence-electron chi connectivity index (χ3n) is 2.52. The van der Waals surface area contributed by atoms with Crippen LogP contribution in [0.3, 0.4) is 0 Å². The number of alkyl halides is 7. The van der Waals surface area contributed by atoms with E-state index in [0.717, 1.165) is 5.56 Å². The Morgan fingerprint density at radius 3 is 1.90 bits per heavy atom. The second-order valence-corrected chi connectivity index (χ2v) is 4.52. The number of aryl methyl sites for hydroxylation is 1. The van der Waals surface area contributed by atoms with Crippen molar-refractivity contribution in [1.29, 1.82) is 0 Å². The van der Waals surface area contributed by atoms with Crippen LogP contribution in [-0.2, 0) is 11.2 Å². The summed E-state index contributed by atoms with van der Waals surface area (Å²) in [5, 5.41) is 1.61. The van der Waals surface area contributed by atoms with Gasteiger partial charge in [-0.25, -0.2) is 0 Å². The molecule has 0 unspecified atom stereocenters. The summed E-state index contributed by atoms with van der Waals surface area (Å²) in [5.74, 6) is -5.91. The molecule has 0 atom stereocenters. The van der Waals surface area contributed by atoms with Gasteiger partial charge >= 0.3 is 12.4 Å². The molecule has 1 aromatic rings. The molecular formula is C12H10ClF6NO. The van der Waals surface area contributed by atoms with Crippen LogP contribution in [-0.4, -0.2) is 24.1 Å². The lowest BCUT2D eigenvalue weighted by Crippen LogP contribution is -2.45. The van der Waals surface area contributed by atoms with Gasteiger partial charge in [-0.05, 0) is 24.1 Å². The fourth-order valence-electron chi connectivity index (χ4n) is 1.56. The number of carbonyl (C=O) groups excluding carboxylic acids is 1. The number of amides is 1. The standard InChI is InChI=1S/C12H10ClF6NO/c13-6-5-7-1-3-8(4-2-7)20-10(21)9(11(14,15)16)12(17,18)19/h1-4,9H,5-6H2,(H,20,21). The van der Waals surface area contributed by atoms with Crippen LogP contribution < -0.4 is 5.32 Å². The molecule has 1 rings (SSSR count). The molecule has 0 saturated heterocycles. The average molecular weight is 334 g/mol. The lowest BCUT2D eigenvalue weighted by atomic mass is 10.1. The summed E-state index contributed by atoms with van der Waals surface area (Å²) in [7, 11) is 0. The maximum Gasteiger partial charge on any atom is 0.409 e. The Labute approximate surface area is 121 Å². The van der Waals surface area contributed by atoms with E-state index >= 15 is 0 Å². The van der Waals surface area contributed by atoms with Crippen LogP contribution in [0.4, 0.5) is 32.0 Å². The first-order chi connectivity index (χ1) is 9.55. The second-order valence-electron chi connectivity index (χ2n) is 4.14. The van der Waals surface area contributed by atoms with Gasteiger partial charge in [0, 0.05) is 11.6 Å². The summed E-state index contributed by atoms with van der Waals surface area (Å²) >= 11 is 5.48. The van der Waals surface area contributed by atoms with Crippen molar-refractivity contribution in [2.24, 2.45) is 5.92 Å². The van der Waals surface area contributed by atoms with E-state index < -0.39 is 24.2 Å². The van der Waals surface area contributed by atoms with Crippen molar-refractivity contribution >= 4 is 23.2 Å². The van der Waals surface area contributed by atoms with Crippen molar-refractivity contribution in [3.8, 4) is 0 Å². The first-order valence-electron chi connectivity index (χ1n) is 5.65. The van der Waals surface area contributed by atoms with E-state index in [4.69, 9.17) is 11.6 Å². The minimum atomic E-state index is -5.71. The Hall–Kier alpha value is -1.44. The van der Waals surface area contributed by atoms with Crippen LogP contribution in [0.5, 0.6) is 0 Å². The van der Waals surface area contributed by atoms with Crippen molar-refractivity contribution < 1.29 is 31.1 Å². The molecule has 0 radical (unpaired) electrons. The minimum Gasteiger partial charge on any atom is -0.325 e. The molecule has 118 valence electrons. The van der Waals surface area contributed by atoms with Crippen LogP contribution in [0.15, 0.2) is 24.3 Å². The molecule has 0 saturated carbocycles. The number of carbonyl (C=O) groups is 1. The Bertz CT molecular complexity index is 468. The maximum atomic E-state index is 12.3. The first-order valence-corrected chi connectivity index (χ1v) is 6.18. The van der Waals surface area contributed by atoms with E-state index in [2.05, 4.69) is 0 Å². The SMILES string of the molecule is O=C(Nc1ccc(CCCl)cc1)C(C(F)(F)F)C(F)(F)F. The van der Waals surface area contributed by atoms with Crippen LogP contribution in [0.1, 0.15) is 5.56 Å². The van der Waals surface area contributed by atoms with Crippen LogP contribution in [0.2, 0.25) is 0 Å². The fraction of sp³-hybridized carbons (Fsp3) is 0.417. The van der Waals surface area contributed by atoms with Crippen molar-refractivity contribution in [3.05, 3.63) is 29.8 Å². The summed E-state index contributed by atoms with van der Waals surface area (Å²) in [4.78, 5) is 11.2. The third-order valence-corrected chi connectivity index (χ3v) is 2.71. The number of halogens is 7. The Kier molecular flexibility index (Phi) is 5.49. The topological polar surface area (TPSA) is 29.1 Å². The Balaban J connectivity index is 2.87. The van der Waals surface area contributed by atoms with Gasteiger partial charge in [0.1, 0.15) is 0 Å². The number of anilines is 1. The Morgan fingerprint density at radius 1 is 1.05 bits per heavy atom. The quantitative estimate of drug-likeness (QED) is 0.651. The van der Waals surface area contributed by atoms with E-state index in [9.17, 15) is 31.1 Å². The van der Waals surface area contributed by atoms with E-state index in [1.54, 1.807) is 5.32 Å². The summed E-state index contributed by atoms with van der Waals surface area (Å²) in [5.41, 5.74) is 0.586. The number of nitrogens with one attached hydrogen (secondary N) is 1. The van der Waals surface area contributed by atoms with E-state index in [-0.39, 0.29) is 5.69 Å². The number of hydrogen-bond acceptors (Lipinski definition) is 1. The van der Waals surface area contributed by atoms with Crippen LogP contribution in [0.25, 0.3) is 0 Å². The molecule has 21 heavy (non-hydrogen) atoms. The van der Waals surface area contributed by atoms with Gasteiger partial charge < -0.3 is 5.32 Å². The van der Waals surface area contributed by atoms with Crippen molar-refractivity contribution in [2.45, 2.75) is 18.8 Å². The highest BCUT2D eigenvalue weighted by molar-refractivity contribution is 6.18. The monoisotopic (exact) mass is 333 g/mol. The summed E-state index contributed by atoms with van der Waals surface area (Å²) < 4.78 is 74.0. The molecule has 1 N–H and O–H groups in total. The lowest BCUT2D eigenvalue weighted by molar-refractivity contribution is -0.272. The summed E-state index contributed by atoms with van der Waals surface area (Å²) in [6.07, 6.45) is -10.9. The average Bonchev–Trinajstić information content (AvgIpc) is 2.28. The number of benzene rings is 1. The van der Waals surface area contributed by atoms with Gasteiger partial charge in [-0.3, -0.25) is 4.79 Å². The highest BCUT2D eigenvalue weighted by Crippen LogP contribution is 2.39. The van der Waals surface area contributed by atoms with E-state index in [1.165, 1.54) is 24.3 Å². The van der Waals surface area contributed by atoms with Gasteiger partial charge in [0.2, 0.25) is 11.8 Å². The molecular weight excluding hydrogens is 324 g/mol. The molecule has 0 aromatic heterocycles.